The first-order valence-electron chi connectivity index (χ1n) is 11.7. The minimum Gasteiger partial charge on any atom is -0.493 e. The number of aryl methyl sites for hydroxylation is 2. The Bertz CT molecular complexity index is 1500. The number of methoxy groups -OCH3 is 2. The quantitative estimate of drug-likeness (QED) is 0.460. The van der Waals surface area contributed by atoms with E-state index >= 15 is 0 Å². The Morgan fingerprint density at radius 3 is 2.40 bits per heavy atom. The zero-order chi connectivity index (χ0) is 24.7. The number of carbonyl (C=O) groups is 1. The number of hydrogen-bond donors (Lipinski definition) is 1. The van der Waals surface area contributed by atoms with E-state index in [2.05, 4.69) is 4.98 Å². The number of fused-ring (bicyclic) bond motifs is 2. The smallest absolute Gasteiger partial charge is 0.254 e. The number of amides is 1. The third-order valence-electron chi connectivity index (χ3n) is 6.72. The fraction of sp³-hybridized carbons (Fsp3) is 0.241. The van der Waals surface area contributed by atoms with Crippen molar-refractivity contribution in [3.63, 3.8) is 0 Å². The second-order valence-corrected chi connectivity index (χ2v) is 9.07. The molecule has 1 atom stereocenters. The standard InChI is InChI=1S/C29H28N2O4/c1-17-6-5-7-20(12-17)29(33)31-11-10-19-15-25(34-3)26(35-4)16-22(19)27(31)23-14-21-13-18(2)8-9-24(21)30-28(23)32/h5-9,12-16,27H,10-11H2,1-4H3,(H,30,32)/t27-/m1/s1. The lowest BCUT2D eigenvalue weighted by atomic mass is 9.87. The average Bonchev–Trinajstić information content (AvgIpc) is 2.86. The van der Waals surface area contributed by atoms with Crippen molar-refractivity contribution in [2.24, 2.45) is 0 Å². The van der Waals surface area contributed by atoms with Gasteiger partial charge in [0.2, 0.25) is 0 Å². The number of benzene rings is 3. The summed E-state index contributed by atoms with van der Waals surface area (Å²) in [5, 5.41) is 0.926. The molecule has 0 bridgehead atoms. The molecule has 3 aromatic carbocycles. The summed E-state index contributed by atoms with van der Waals surface area (Å²) >= 11 is 0. The molecule has 0 aliphatic carbocycles. The lowest BCUT2D eigenvalue weighted by Gasteiger charge is -2.38. The molecule has 178 valence electrons. The lowest BCUT2D eigenvalue weighted by molar-refractivity contribution is 0.0693. The molecule has 1 aliphatic heterocycles. The van der Waals surface area contributed by atoms with Crippen LogP contribution >= 0.6 is 0 Å². The van der Waals surface area contributed by atoms with Crippen LogP contribution in [-0.4, -0.2) is 36.6 Å². The number of hydrogen-bond acceptors (Lipinski definition) is 4. The van der Waals surface area contributed by atoms with Crippen LogP contribution in [0.3, 0.4) is 0 Å². The van der Waals surface area contributed by atoms with Crippen molar-refractivity contribution in [1.29, 1.82) is 0 Å². The summed E-state index contributed by atoms with van der Waals surface area (Å²) in [4.78, 5) is 32.0. The zero-order valence-electron chi connectivity index (χ0n) is 20.3. The van der Waals surface area contributed by atoms with Gasteiger partial charge in [-0.1, -0.05) is 29.3 Å². The number of aromatic nitrogens is 1. The Kier molecular flexibility index (Phi) is 5.81. The van der Waals surface area contributed by atoms with Crippen LogP contribution in [0.4, 0.5) is 0 Å². The maximum atomic E-state index is 13.8. The van der Waals surface area contributed by atoms with Gasteiger partial charge in [0.1, 0.15) is 0 Å². The van der Waals surface area contributed by atoms with Gasteiger partial charge >= 0.3 is 0 Å². The molecular weight excluding hydrogens is 440 g/mol. The molecule has 35 heavy (non-hydrogen) atoms. The van der Waals surface area contributed by atoms with Crippen LogP contribution in [0.1, 0.15) is 44.2 Å². The number of pyridine rings is 1. The van der Waals surface area contributed by atoms with Gasteiger partial charge in [0.25, 0.3) is 11.5 Å². The second kappa shape index (κ2) is 8.95. The maximum absolute atomic E-state index is 13.8. The Hall–Kier alpha value is -4.06. The van der Waals surface area contributed by atoms with Crippen molar-refractivity contribution >= 4 is 16.8 Å². The van der Waals surface area contributed by atoms with E-state index in [0.717, 1.165) is 33.2 Å². The first-order valence-corrected chi connectivity index (χ1v) is 11.7. The minimum absolute atomic E-state index is 0.108. The number of H-pyrrole nitrogens is 1. The van der Waals surface area contributed by atoms with Crippen molar-refractivity contribution in [3.8, 4) is 11.5 Å². The van der Waals surface area contributed by atoms with Crippen LogP contribution < -0.4 is 15.0 Å². The molecule has 0 saturated carbocycles. The first-order chi connectivity index (χ1) is 16.9. The molecule has 0 saturated heterocycles. The molecule has 4 aromatic rings. The van der Waals surface area contributed by atoms with Gasteiger partial charge in [-0.2, -0.15) is 0 Å². The predicted octanol–water partition coefficient (Wildman–Crippen LogP) is 4.95. The Balaban J connectivity index is 1.74. The van der Waals surface area contributed by atoms with Gasteiger partial charge in [0, 0.05) is 23.2 Å². The molecular formula is C29H28N2O4. The van der Waals surface area contributed by atoms with Crippen molar-refractivity contribution < 1.29 is 14.3 Å². The second-order valence-electron chi connectivity index (χ2n) is 9.07. The maximum Gasteiger partial charge on any atom is 0.254 e. The highest BCUT2D eigenvalue weighted by Crippen LogP contribution is 2.41. The topological polar surface area (TPSA) is 71.6 Å². The van der Waals surface area contributed by atoms with Crippen LogP contribution in [0.2, 0.25) is 0 Å². The van der Waals surface area contributed by atoms with Gasteiger partial charge in [0.15, 0.2) is 11.5 Å². The molecule has 6 nitrogen and oxygen atoms in total. The fourth-order valence-electron chi connectivity index (χ4n) is 4.99. The summed E-state index contributed by atoms with van der Waals surface area (Å²) in [7, 11) is 3.19. The normalized spacial score (nSPS) is 15.1. The highest BCUT2D eigenvalue weighted by atomic mass is 16.5. The van der Waals surface area contributed by atoms with E-state index in [4.69, 9.17) is 9.47 Å². The summed E-state index contributed by atoms with van der Waals surface area (Å²) in [6.45, 7) is 4.46. The third kappa shape index (κ3) is 4.05. The number of aromatic amines is 1. The number of nitrogens with one attached hydrogen (secondary N) is 1. The fourth-order valence-corrected chi connectivity index (χ4v) is 4.99. The summed E-state index contributed by atoms with van der Waals surface area (Å²) in [6, 6.07) is 18.7. The molecule has 1 aliphatic rings. The number of carbonyl (C=O) groups excluding carboxylic acids is 1. The molecule has 6 heteroatoms. The number of ether oxygens (including phenoxy) is 2. The monoisotopic (exact) mass is 468 g/mol. The largest absolute Gasteiger partial charge is 0.493 e. The van der Waals surface area contributed by atoms with Crippen LogP contribution in [0.5, 0.6) is 11.5 Å². The van der Waals surface area contributed by atoms with E-state index in [1.807, 2.05) is 74.5 Å². The SMILES string of the molecule is COc1cc2c(cc1OC)[C@H](c1cc3cc(C)ccc3[nH]c1=O)N(C(=O)c1cccc(C)c1)CC2. The highest BCUT2D eigenvalue weighted by Gasteiger charge is 2.35. The molecule has 1 amide bonds. The van der Waals surface area contributed by atoms with Gasteiger partial charge in [-0.05, 0) is 79.2 Å². The molecule has 0 unspecified atom stereocenters. The molecule has 5 rings (SSSR count). The summed E-state index contributed by atoms with van der Waals surface area (Å²) in [5.74, 6) is 1.09. The molecule has 2 heterocycles. The van der Waals surface area contributed by atoms with E-state index in [1.165, 1.54) is 0 Å². The van der Waals surface area contributed by atoms with E-state index in [1.54, 1.807) is 19.1 Å². The van der Waals surface area contributed by atoms with Gasteiger partial charge in [0.05, 0.1) is 20.3 Å². The van der Waals surface area contributed by atoms with Crippen molar-refractivity contribution in [3.05, 3.63) is 104 Å². The molecule has 0 radical (unpaired) electrons. The lowest BCUT2D eigenvalue weighted by Crippen LogP contribution is -2.42. The van der Waals surface area contributed by atoms with E-state index in [9.17, 15) is 9.59 Å². The first kappa shape index (κ1) is 22.7. The van der Waals surface area contributed by atoms with E-state index in [-0.39, 0.29) is 11.5 Å². The zero-order valence-corrected chi connectivity index (χ0v) is 20.3. The third-order valence-corrected chi connectivity index (χ3v) is 6.72. The van der Waals surface area contributed by atoms with Gasteiger partial charge < -0.3 is 19.4 Å². The summed E-state index contributed by atoms with van der Waals surface area (Å²) in [6.07, 6.45) is 0.647. The molecule has 0 fully saturated rings. The number of nitrogens with zero attached hydrogens (tertiary/aromatic N) is 1. The Morgan fingerprint density at radius 2 is 1.66 bits per heavy atom. The molecule has 0 spiro atoms. The van der Waals surface area contributed by atoms with Crippen molar-refractivity contribution in [2.75, 3.05) is 20.8 Å². The van der Waals surface area contributed by atoms with Gasteiger partial charge in [-0.15, -0.1) is 0 Å². The molecule has 1 N–H and O–H groups in total. The summed E-state index contributed by atoms with van der Waals surface area (Å²) in [5.41, 5.74) is 5.69. The van der Waals surface area contributed by atoms with Crippen LogP contribution in [-0.2, 0) is 6.42 Å². The van der Waals surface area contributed by atoms with Crippen molar-refractivity contribution in [1.82, 2.24) is 9.88 Å². The van der Waals surface area contributed by atoms with Gasteiger partial charge in [-0.3, -0.25) is 9.59 Å². The van der Waals surface area contributed by atoms with E-state index < -0.39 is 6.04 Å². The average molecular weight is 469 g/mol. The number of rotatable bonds is 4. The van der Waals surface area contributed by atoms with E-state index in [0.29, 0.717) is 35.6 Å². The van der Waals surface area contributed by atoms with Crippen LogP contribution in [0, 0.1) is 13.8 Å². The highest BCUT2D eigenvalue weighted by molar-refractivity contribution is 5.95. The predicted molar refractivity (Wildman–Crippen MR) is 137 cm³/mol. The van der Waals surface area contributed by atoms with Crippen molar-refractivity contribution in [2.45, 2.75) is 26.3 Å². The van der Waals surface area contributed by atoms with Crippen LogP contribution in [0.25, 0.3) is 10.9 Å². The Labute approximate surface area is 204 Å². The van der Waals surface area contributed by atoms with Gasteiger partial charge in [-0.25, -0.2) is 0 Å². The Morgan fingerprint density at radius 1 is 0.914 bits per heavy atom. The summed E-state index contributed by atoms with van der Waals surface area (Å²) < 4.78 is 11.1. The van der Waals surface area contributed by atoms with Crippen LogP contribution in [0.15, 0.2) is 65.5 Å². The minimum atomic E-state index is -0.569. The molecule has 1 aromatic heterocycles.